The van der Waals surface area contributed by atoms with E-state index in [2.05, 4.69) is 20.8 Å². The molecule has 19 heavy (non-hydrogen) atoms. The van der Waals surface area contributed by atoms with Gasteiger partial charge in [0.25, 0.3) is 0 Å². The highest BCUT2D eigenvalue weighted by Gasteiger charge is 2.11. The summed E-state index contributed by atoms with van der Waals surface area (Å²) in [5, 5.41) is 0. The monoisotopic (exact) mass is 315 g/mol. The standard InChI is InChI=1S/C16H14BrNO/c1-12(18-2)14-8-9-16(15(17)10-14)19-11-13-6-4-3-5-7-13/h3-10,12H,11H2,1H3. The lowest BCUT2D eigenvalue weighted by Gasteiger charge is -2.09. The van der Waals surface area contributed by atoms with Crippen molar-refractivity contribution in [2.75, 3.05) is 0 Å². The molecule has 2 aromatic rings. The third kappa shape index (κ3) is 3.59. The van der Waals surface area contributed by atoms with Gasteiger partial charge in [-0.15, -0.1) is 0 Å². The normalized spacial score (nSPS) is 11.6. The molecule has 0 radical (unpaired) electrons. The first kappa shape index (κ1) is 13.6. The van der Waals surface area contributed by atoms with Crippen LogP contribution in [0.3, 0.4) is 0 Å². The first-order valence-electron chi connectivity index (χ1n) is 6.03. The molecule has 0 aliphatic rings. The maximum atomic E-state index is 7.04. The van der Waals surface area contributed by atoms with Crippen LogP contribution in [0.1, 0.15) is 24.1 Å². The number of hydrogen-bond acceptors (Lipinski definition) is 1. The van der Waals surface area contributed by atoms with Gasteiger partial charge in [-0.25, -0.2) is 6.57 Å². The van der Waals surface area contributed by atoms with Crippen molar-refractivity contribution in [2.45, 2.75) is 19.6 Å². The minimum Gasteiger partial charge on any atom is -0.488 e. The van der Waals surface area contributed by atoms with Crippen LogP contribution in [0, 0.1) is 6.57 Å². The molecule has 0 aromatic heterocycles. The average molecular weight is 316 g/mol. The summed E-state index contributed by atoms with van der Waals surface area (Å²) >= 11 is 3.49. The maximum Gasteiger partial charge on any atom is 0.246 e. The molecule has 0 saturated carbocycles. The Bertz CT molecular complexity index is 589. The van der Waals surface area contributed by atoms with Crippen LogP contribution in [0.2, 0.25) is 0 Å². The van der Waals surface area contributed by atoms with Gasteiger partial charge < -0.3 is 9.58 Å². The van der Waals surface area contributed by atoms with Crippen molar-refractivity contribution >= 4 is 15.9 Å². The van der Waals surface area contributed by atoms with Crippen LogP contribution < -0.4 is 4.74 Å². The van der Waals surface area contributed by atoms with E-state index in [0.717, 1.165) is 21.3 Å². The van der Waals surface area contributed by atoms with Crippen molar-refractivity contribution in [1.82, 2.24) is 0 Å². The molecule has 0 fully saturated rings. The van der Waals surface area contributed by atoms with Crippen LogP contribution in [0.5, 0.6) is 5.75 Å². The highest BCUT2D eigenvalue weighted by atomic mass is 79.9. The molecular weight excluding hydrogens is 302 g/mol. The summed E-state index contributed by atoms with van der Waals surface area (Å²) in [6, 6.07) is 15.7. The molecule has 96 valence electrons. The Hall–Kier alpha value is -1.79. The van der Waals surface area contributed by atoms with Crippen molar-refractivity contribution in [3.8, 4) is 5.75 Å². The second-order valence-corrected chi connectivity index (χ2v) is 5.12. The van der Waals surface area contributed by atoms with E-state index >= 15 is 0 Å². The van der Waals surface area contributed by atoms with E-state index in [4.69, 9.17) is 11.3 Å². The molecule has 0 aliphatic carbocycles. The fourth-order valence-corrected chi connectivity index (χ4v) is 2.21. The molecule has 0 heterocycles. The summed E-state index contributed by atoms with van der Waals surface area (Å²) in [6.07, 6.45) is 0. The zero-order chi connectivity index (χ0) is 13.7. The molecule has 0 bridgehead atoms. The zero-order valence-corrected chi connectivity index (χ0v) is 12.2. The van der Waals surface area contributed by atoms with E-state index < -0.39 is 0 Å². The van der Waals surface area contributed by atoms with Crippen LogP contribution in [0.4, 0.5) is 0 Å². The molecule has 2 aromatic carbocycles. The summed E-state index contributed by atoms with van der Waals surface area (Å²) in [5.41, 5.74) is 2.13. The summed E-state index contributed by atoms with van der Waals surface area (Å²) in [5.74, 6) is 0.796. The van der Waals surface area contributed by atoms with Gasteiger partial charge in [0, 0.05) is 12.5 Å². The Kier molecular flexibility index (Phi) is 4.59. The van der Waals surface area contributed by atoms with Crippen molar-refractivity contribution in [3.05, 3.63) is 75.5 Å². The minimum absolute atomic E-state index is 0.125. The molecular formula is C16H14BrNO. The van der Waals surface area contributed by atoms with Gasteiger partial charge in [0.05, 0.1) is 4.47 Å². The van der Waals surface area contributed by atoms with Crippen LogP contribution in [-0.4, -0.2) is 0 Å². The first-order valence-corrected chi connectivity index (χ1v) is 6.82. The lowest BCUT2D eigenvalue weighted by Crippen LogP contribution is -1.96. The molecule has 3 heteroatoms. The number of rotatable bonds is 4. The number of benzene rings is 2. The lowest BCUT2D eigenvalue weighted by atomic mass is 10.1. The van der Waals surface area contributed by atoms with Crippen LogP contribution in [0.25, 0.3) is 4.85 Å². The van der Waals surface area contributed by atoms with E-state index in [9.17, 15) is 0 Å². The molecule has 0 spiro atoms. The second-order valence-electron chi connectivity index (χ2n) is 4.27. The maximum absolute atomic E-state index is 7.04. The van der Waals surface area contributed by atoms with Crippen molar-refractivity contribution in [3.63, 3.8) is 0 Å². The van der Waals surface area contributed by atoms with Gasteiger partial charge in [0.1, 0.15) is 12.4 Å². The molecule has 0 N–H and O–H groups in total. The fourth-order valence-electron chi connectivity index (χ4n) is 1.70. The van der Waals surface area contributed by atoms with E-state index in [1.807, 2.05) is 55.5 Å². The topological polar surface area (TPSA) is 13.6 Å². The number of nitrogens with zero attached hydrogens (tertiary/aromatic N) is 1. The predicted octanol–water partition coefficient (Wildman–Crippen LogP) is 5.01. The highest BCUT2D eigenvalue weighted by Crippen LogP contribution is 2.30. The molecule has 2 nitrogen and oxygen atoms in total. The van der Waals surface area contributed by atoms with E-state index in [0.29, 0.717) is 6.61 Å². The molecule has 2 rings (SSSR count). The molecule has 0 saturated heterocycles. The van der Waals surface area contributed by atoms with Gasteiger partial charge in [-0.05, 0) is 39.7 Å². The van der Waals surface area contributed by atoms with Gasteiger partial charge in [-0.2, -0.15) is 0 Å². The highest BCUT2D eigenvalue weighted by molar-refractivity contribution is 9.10. The Morgan fingerprint density at radius 2 is 1.95 bits per heavy atom. The first-order chi connectivity index (χ1) is 9.20. The SMILES string of the molecule is [C-]#[N+]C(C)c1ccc(OCc2ccccc2)c(Br)c1. The largest absolute Gasteiger partial charge is 0.488 e. The van der Waals surface area contributed by atoms with Crippen molar-refractivity contribution in [2.24, 2.45) is 0 Å². The van der Waals surface area contributed by atoms with Crippen LogP contribution in [-0.2, 0) is 6.61 Å². The molecule has 0 aliphatic heterocycles. The summed E-state index contributed by atoms with van der Waals surface area (Å²) in [7, 11) is 0. The van der Waals surface area contributed by atoms with Crippen molar-refractivity contribution in [1.29, 1.82) is 0 Å². The quantitative estimate of drug-likeness (QED) is 0.723. The Morgan fingerprint density at radius 1 is 1.21 bits per heavy atom. The summed E-state index contributed by atoms with van der Waals surface area (Å²) < 4.78 is 6.65. The third-order valence-electron chi connectivity index (χ3n) is 2.87. The summed E-state index contributed by atoms with van der Waals surface area (Å²) in [4.78, 5) is 3.51. The van der Waals surface area contributed by atoms with Crippen LogP contribution in [0.15, 0.2) is 53.0 Å². The zero-order valence-electron chi connectivity index (χ0n) is 10.6. The average Bonchev–Trinajstić information content (AvgIpc) is 2.46. The summed E-state index contributed by atoms with van der Waals surface area (Å²) in [6.45, 7) is 9.47. The van der Waals surface area contributed by atoms with Gasteiger partial charge >= 0.3 is 0 Å². The predicted molar refractivity (Wildman–Crippen MR) is 79.9 cm³/mol. The number of halogens is 1. The fraction of sp³-hybridized carbons (Fsp3) is 0.188. The third-order valence-corrected chi connectivity index (χ3v) is 3.49. The lowest BCUT2D eigenvalue weighted by molar-refractivity contribution is 0.304. The van der Waals surface area contributed by atoms with Gasteiger partial charge in [-0.3, -0.25) is 0 Å². The van der Waals surface area contributed by atoms with Crippen LogP contribution >= 0.6 is 15.9 Å². The van der Waals surface area contributed by atoms with Gasteiger partial charge in [0.15, 0.2) is 0 Å². The molecule has 0 amide bonds. The Balaban J connectivity index is 2.08. The molecule has 1 unspecified atom stereocenters. The Labute approximate surface area is 122 Å². The molecule has 1 atom stereocenters. The smallest absolute Gasteiger partial charge is 0.246 e. The van der Waals surface area contributed by atoms with E-state index in [1.165, 1.54) is 0 Å². The van der Waals surface area contributed by atoms with Gasteiger partial charge in [-0.1, -0.05) is 30.3 Å². The second kappa shape index (κ2) is 6.40. The van der Waals surface area contributed by atoms with E-state index in [-0.39, 0.29) is 6.04 Å². The number of hydrogen-bond donors (Lipinski definition) is 0. The van der Waals surface area contributed by atoms with Crippen molar-refractivity contribution < 1.29 is 4.74 Å². The number of ether oxygens (including phenoxy) is 1. The Morgan fingerprint density at radius 3 is 2.58 bits per heavy atom. The minimum atomic E-state index is -0.125. The van der Waals surface area contributed by atoms with Gasteiger partial charge in [0.2, 0.25) is 6.04 Å². The van der Waals surface area contributed by atoms with E-state index in [1.54, 1.807) is 0 Å².